The number of nitrogens with one attached hydrogen (secondary N) is 1. The van der Waals surface area contributed by atoms with Crippen molar-refractivity contribution in [2.45, 2.75) is 39.7 Å². The Bertz CT molecular complexity index is 609. The molecule has 7 heteroatoms. The number of nitrogens with zero attached hydrogens (tertiary/aromatic N) is 4. The minimum Gasteiger partial charge on any atom is -0.484 e. The average molecular weight is 303 g/mol. The molecule has 22 heavy (non-hydrogen) atoms. The van der Waals surface area contributed by atoms with Gasteiger partial charge in [-0.15, -0.1) is 5.10 Å². The minimum absolute atomic E-state index is 0.0939. The van der Waals surface area contributed by atoms with Gasteiger partial charge < -0.3 is 4.74 Å². The van der Waals surface area contributed by atoms with Crippen LogP contribution in [0.1, 0.15) is 38.7 Å². The molecule has 7 nitrogen and oxygen atoms in total. The quantitative estimate of drug-likeness (QED) is 0.848. The van der Waals surface area contributed by atoms with E-state index in [0.29, 0.717) is 18.2 Å². The number of amides is 1. The van der Waals surface area contributed by atoms with E-state index in [1.807, 2.05) is 31.2 Å². The Morgan fingerprint density at radius 2 is 2.05 bits per heavy atom. The maximum Gasteiger partial charge on any atom is 0.270 e. The van der Waals surface area contributed by atoms with Gasteiger partial charge in [0.05, 0.1) is 6.54 Å². The summed E-state index contributed by atoms with van der Waals surface area (Å²) in [6.07, 6.45) is 1.09. The van der Waals surface area contributed by atoms with Crippen LogP contribution in [0.5, 0.6) is 5.75 Å². The second-order valence-electron chi connectivity index (χ2n) is 5.02. The maximum absolute atomic E-state index is 11.8. The topological polar surface area (TPSA) is 81.9 Å². The van der Waals surface area contributed by atoms with Crippen molar-refractivity contribution in [2.75, 3.05) is 11.9 Å². The first-order chi connectivity index (χ1) is 10.6. The van der Waals surface area contributed by atoms with Crippen molar-refractivity contribution in [3.63, 3.8) is 0 Å². The molecule has 0 spiro atoms. The van der Waals surface area contributed by atoms with Crippen LogP contribution >= 0.6 is 0 Å². The van der Waals surface area contributed by atoms with E-state index in [0.717, 1.165) is 6.42 Å². The number of carbonyl (C=O) groups is 1. The van der Waals surface area contributed by atoms with Gasteiger partial charge in [-0.05, 0) is 42.2 Å². The second-order valence-corrected chi connectivity index (χ2v) is 5.02. The van der Waals surface area contributed by atoms with Crippen molar-refractivity contribution in [1.29, 1.82) is 0 Å². The highest BCUT2D eigenvalue weighted by Gasteiger charge is 2.08. The molecule has 0 bridgehead atoms. The lowest BCUT2D eigenvalue weighted by atomic mass is 9.99. The van der Waals surface area contributed by atoms with Crippen LogP contribution in [0.4, 0.5) is 5.95 Å². The van der Waals surface area contributed by atoms with E-state index in [-0.39, 0.29) is 18.5 Å². The van der Waals surface area contributed by atoms with Gasteiger partial charge in [0.25, 0.3) is 11.9 Å². The molecule has 1 aromatic heterocycles. The van der Waals surface area contributed by atoms with Crippen molar-refractivity contribution in [2.24, 2.45) is 0 Å². The second kappa shape index (κ2) is 7.53. The van der Waals surface area contributed by atoms with Crippen molar-refractivity contribution >= 4 is 11.9 Å². The molecule has 0 radical (unpaired) electrons. The fourth-order valence-corrected chi connectivity index (χ4v) is 1.87. The highest BCUT2D eigenvalue weighted by molar-refractivity contribution is 5.90. The third kappa shape index (κ3) is 4.28. The lowest BCUT2D eigenvalue weighted by Crippen LogP contribution is -2.21. The molecule has 0 fully saturated rings. The van der Waals surface area contributed by atoms with Crippen LogP contribution < -0.4 is 10.1 Å². The lowest BCUT2D eigenvalue weighted by Gasteiger charge is -2.10. The molecule has 0 saturated carbocycles. The van der Waals surface area contributed by atoms with Crippen molar-refractivity contribution in [1.82, 2.24) is 20.2 Å². The van der Waals surface area contributed by atoms with E-state index in [4.69, 9.17) is 4.74 Å². The zero-order valence-corrected chi connectivity index (χ0v) is 13.1. The van der Waals surface area contributed by atoms with Gasteiger partial charge >= 0.3 is 0 Å². The van der Waals surface area contributed by atoms with E-state index in [2.05, 4.69) is 34.6 Å². The van der Waals surface area contributed by atoms with Gasteiger partial charge in [0.1, 0.15) is 5.75 Å². The van der Waals surface area contributed by atoms with E-state index >= 15 is 0 Å². The number of rotatable bonds is 7. The molecule has 118 valence electrons. The summed E-state index contributed by atoms with van der Waals surface area (Å²) < 4.78 is 5.45. The molecule has 1 heterocycles. The fraction of sp³-hybridized carbons (Fsp3) is 0.467. The molecule has 1 atom stereocenters. The molecule has 2 rings (SSSR count). The largest absolute Gasteiger partial charge is 0.484 e. The van der Waals surface area contributed by atoms with Gasteiger partial charge in [-0.25, -0.2) is 0 Å². The van der Waals surface area contributed by atoms with Crippen LogP contribution in [0.2, 0.25) is 0 Å². The van der Waals surface area contributed by atoms with Crippen LogP contribution in [0.3, 0.4) is 0 Å². The van der Waals surface area contributed by atoms with Crippen LogP contribution in [-0.4, -0.2) is 32.7 Å². The van der Waals surface area contributed by atoms with Gasteiger partial charge in [0, 0.05) is 0 Å². The van der Waals surface area contributed by atoms with E-state index < -0.39 is 0 Å². The zero-order chi connectivity index (χ0) is 15.9. The first-order valence-corrected chi connectivity index (χ1v) is 7.42. The Morgan fingerprint density at radius 3 is 2.64 bits per heavy atom. The van der Waals surface area contributed by atoms with Crippen LogP contribution in [0.15, 0.2) is 24.3 Å². The molecular formula is C15H21N5O2. The predicted octanol–water partition coefficient (Wildman–Crippen LogP) is 2.22. The van der Waals surface area contributed by atoms with E-state index in [1.165, 1.54) is 10.4 Å². The van der Waals surface area contributed by atoms with Crippen LogP contribution in [0.25, 0.3) is 0 Å². The predicted molar refractivity (Wildman–Crippen MR) is 82.8 cm³/mol. The number of hydrogen-bond acceptors (Lipinski definition) is 5. The summed E-state index contributed by atoms with van der Waals surface area (Å²) in [5.74, 6) is 1.04. The first-order valence-electron chi connectivity index (χ1n) is 7.42. The van der Waals surface area contributed by atoms with Crippen LogP contribution in [-0.2, 0) is 11.3 Å². The van der Waals surface area contributed by atoms with Gasteiger partial charge in [0.2, 0.25) is 0 Å². The smallest absolute Gasteiger partial charge is 0.270 e. The third-order valence-electron chi connectivity index (χ3n) is 3.42. The third-order valence-corrected chi connectivity index (χ3v) is 3.42. The Hall–Kier alpha value is -2.44. The number of ether oxygens (including phenoxy) is 1. The molecule has 1 amide bonds. The average Bonchev–Trinajstić information content (AvgIpc) is 3.00. The van der Waals surface area contributed by atoms with Crippen LogP contribution in [0, 0.1) is 0 Å². The summed E-state index contributed by atoms with van der Waals surface area (Å²) in [5, 5.41) is 14.0. The van der Waals surface area contributed by atoms with Gasteiger partial charge in [0.15, 0.2) is 6.61 Å². The molecule has 1 aromatic carbocycles. The number of anilines is 1. The summed E-state index contributed by atoms with van der Waals surface area (Å²) in [4.78, 5) is 13.1. The number of carbonyl (C=O) groups excluding carboxylic acids is 1. The van der Waals surface area contributed by atoms with Gasteiger partial charge in [-0.3, -0.25) is 10.1 Å². The monoisotopic (exact) mass is 303 g/mol. The molecule has 0 aliphatic rings. The highest BCUT2D eigenvalue weighted by atomic mass is 16.5. The Balaban J connectivity index is 1.83. The van der Waals surface area contributed by atoms with Gasteiger partial charge in [-0.1, -0.05) is 31.1 Å². The number of aryl methyl sites for hydroxylation is 1. The highest BCUT2D eigenvalue weighted by Crippen LogP contribution is 2.21. The molecule has 1 N–H and O–H groups in total. The zero-order valence-electron chi connectivity index (χ0n) is 13.1. The number of tetrazole rings is 1. The maximum atomic E-state index is 11.8. The van der Waals surface area contributed by atoms with E-state index in [1.54, 1.807) is 0 Å². The standard InChI is InChI=1S/C15H21N5O2/c1-4-11(3)12-6-8-13(9-7-12)22-10-14(21)16-15-17-19-20(5-2)18-15/h6-9,11H,4-5,10H2,1-3H3,(H,16,18,21)/t11-/m1/s1. The van der Waals surface area contributed by atoms with Crippen molar-refractivity contribution in [3.05, 3.63) is 29.8 Å². The SMILES string of the molecule is CC[C@@H](C)c1ccc(OCC(=O)Nc2nnn(CC)n2)cc1. The summed E-state index contributed by atoms with van der Waals surface area (Å²) in [5.41, 5.74) is 1.26. The Labute approximate surface area is 129 Å². The summed E-state index contributed by atoms with van der Waals surface area (Å²) in [6.45, 7) is 6.73. The first kappa shape index (κ1) is 15.9. The summed E-state index contributed by atoms with van der Waals surface area (Å²) in [6, 6.07) is 7.80. The van der Waals surface area contributed by atoms with Crippen molar-refractivity contribution in [3.8, 4) is 5.75 Å². The number of benzene rings is 1. The molecular weight excluding hydrogens is 282 g/mol. The fourth-order valence-electron chi connectivity index (χ4n) is 1.87. The Morgan fingerprint density at radius 1 is 1.32 bits per heavy atom. The Kier molecular flexibility index (Phi) is 5.46. The van der Waals surface area contributed by atoms with Crippen molar-refractivity contribution < 1.29 is 9.53 Å². The lowest BCUT2D eigenvalue weighted by molar-refractivity contribution is -0.118. The molecule has 0 aliphatic heterocycles. The summed E-state index contributed by atoms with van der Waals surface area (Å²) >= 11 is 0. The molecule has 0 unspecified atom stereocenters. The molecule has 2 aromatic rings. The number of aromatic nitrogens is 4. The molecule has 0 saturated heterocycles. The van der Waals surface area contributed by atoms with E-state index in [9.17, 15) is 4.79 Å². The normalized spacial score (nSPS) is 12.0. The minimum atomic E-state index is -0.318. The number of hydrogen-bond donors (Lipinski definition) is 1. The summed E-state index contributed by atoms with van der Waals surface area (Å²) in [7, 11) is 0. The van der Waals surface area contributed by atoms with Gasteiger partial charge in [-0.2, -0.15) is 4.80 Å². The molecule has 0 aliphatic carbocycles.